The van der Waals surface area contributed by atoms with Gasteiger partial charge in [0.1, 0.15) is 36.2 Å². The summed E-state index contributed by atoms with van der Waals surface area (Å²) in [5.74, 6) is 14.0. The third-order valence-corrected chi connectivity index (χ3v) is 6.38. The van der Waals surface area contributed by atoms with E-state index in [2.05, 4.69) is 30.6 Å². The van der Waals surface area contributed by atoms with Crippen molar-refractivity contribution in [2.45, 2.75) is 40.0 Å². The van der Waals surface area contributed by atoms with Crippen molar-refractivity contribution in [3.63, 3.8) is 0 Å². The second-order valence-corrected chi connectivity index (χ2v) is 10.5. The van der Waals surface area contributed by atoms with Crippen molar-refractivity contribution in [1.29, 1.82) is 0 Å². The van der Waals surface area contributed by atoms with Gasteiger partial charge in [-0.05, 0) is 44.4 Å². The number of ether oxygens (including phenoxy) is 6. The van der Waals surface area contributed by atoms with Gasteiger partial charge >= 0.3 is 59.1 Å². The number of unbranched alkanes of at least 4 members (excludes halogenated alkanes) is 1. The van der Waals surface area contributed by atoms with E-state index in [1.807, 2.05) is 13.0 Å². The third kappa shape index (κ3) is 15.9. The van der Waals surface area contributed by atoms with Gasteiger partial charge in [0.05, 0.1) is 53.2 Å². The molecule has 0 heterocycles. The maximum atomic E-state index is 10.9. The summed E-state index contributed by atoms with van der Waals surface area (Å²) >= 11 is 0. The van der Waals surface area contributed by atoms with Crippen LogP contribution < -0.4 is 78.1 Å². The Balaban J connectivity index is 0.00000882. The smallest absolute Gasteiger partial charge is 0.748 e. The molecule has 12 heteroatoms. The van der Waals surface area contributed by atoms with Gasteiger partial charge in [-0.1, -0.05) is 31.1 Å². The first-order chi connectivity index (χ1) is 19.7. The Morgan fingerprint density at radius 3 is 1.60 bits per heavy atom. The molecule has 2 aromatic rings. The van der Waals surface area contributed by atoms with Gasteiger partial charge in [-0.15, -0.1) is 5.92 Å². The maximum absolute atomic E-state index is 10.9. The van der Waals surface area contributed by atoms with Gasteiger partial charge < -0.3 is 33.0 Å². The van der Waals surface area contributed by atoms with Crippen molar-refractivity contribution in [3.05, 3.63) is 46.5 Å². The monoisotopic (exact) mass is 633 g/mol. The number of hydrogen-bond donors (Lipinski definition) is 0. The minimum absolute atomic E-state index is 0. The van der Waals surface area contributed by atoms with E-state index in [1.54, 1.807) is 39.3 Å². The van der Waals surface area contributed by atoms with Crippen LogP contribution in [0.4, 0.5) is 0 Å². The molecule has 0 N–H and O–H groups in total. The molecule has 224 valence electrons. The zero-order valence-electron chi connectivity index (χ0n) is 26.5. The van der Waals surface area contributed by atoms with Crippen molar-refractivity contribution in [2.75, 3.05) is 59.6 Å². The molecule has 2 aromatic carbocycles. The minimum Gasteiger partial charge on any atom is -0.748 e. The van der Waals surface area contributed by atoms with Crippen LogP contribution in [0, 0.1) is 30.6 Å². The fourth-order valence-electron chi connectivity index (χ4n) is 3.51. The summed E-state index contributed by atoms with van der Waals surface area (Å²) in [5, 5.41) is 0. The quantitative estimate of drug-likeness (QED) is 0.0873. The topological polar surface area (TPSA) is 113 Å². The van der Waals surface area contributed by atoms with Crippen LogP contribution in [0.15, 0.2) is 24.3 Å². The summed E-state index contributed by atoms with van der Waals surface area (Å²) in [4.78, 5) is 0. The summed E-state index contributed by atoms with van der Waals surface area (Å²) in [6, 6.07) is 7.18. The molecule has 0 amide bonds. The molecule has 0 aromatic heterocycles. The van der Waals surface area contributed by atoms with Crippen molar-refractivity contribution in [3.8, 4) is 46.7 Å². The van der Waals surface area contributed by atoms with Crippen LogP contribution in [0.1, 0.15) is 55.4 Å². The second kappa shape index (κ2) is 23.0. The molecule has 0 atom stereocenters. The van der Waals surface area contributed by atoms with Gasteiger partial charge in [-0.2, -0.15) is 0 Å². The van der Waals surface area contributed by atoms with E-state index >= 15 is 0 Å². The van der Waals surface area contributed by atoms with E-state index in [0.29, 0.717) is 72.7 Å². The van der Waals surface area contributed by atoms with Crippen molar-refractivity contribution < 1.29 is 101 Å². The van der Waals surface area contributed by atoms with Crippen LogP contribution >= 0.6 is 0 Å². The Bertz CT molecular complexity index is 1360. The summed E-state index contributed by atoms with van der Waals surface area (Å²) in [5.41, 5.74) is 2.63. The zero-order chi connectivity index (χ0) is 30.1. The van der Waals surface area contributed by atoms with Gasteiger partial charge in [-0.3, -0.25) is 0 Å². The van der Waals surface area contributed by atoms with E-state index < -0.39 is 15.9 Å². The number of rotatable bonds is 17. The van der Waals surface area contributed by atoms with Crippen LogP contribution in [-0.2, 0) is 19.6 Å². The average Bonchev–Trinajstić information content (AvgIpc) is 2.92. The Kier molecular flexibility index (Phi) is 22.2. The number of aryl methyl sites for hydroxylation is 1. The summed E-state index contributed by atoms with van der Waals surface area (Å²) in [6.45, 7) is 7.77. The molecule has 9 nitrogen and oxygen atoms in total. The molecule has 0 unspecified atom stereocenters. The number of methoxy groups -OCH3 is 2. The fourth-order valence-corrected chi connectivity index (χ4v) is 3.98. The molecule has 0 saturated carbocycles. The Labute approximate surface area is 301 Å². The predicted molar refractivity (Wildman–Crippen MR) is 156 cm³/mol. The molecule has 0 radical (unpaired) electrons. The molecular formula is C31H39Na2O9S+. The van der Waals surface area contributed by atoms with Crippen LogP contribution in [-0.4, -0.2) is 72.6 Å². The first-order valence-corrected chi connectivity index (χ1v) is 15.0. The van der Waals surface area contributed by atoms with E-state index in [9.17, 15) is 13.0 Å². The molecule has 0 spiro atoms. The molecule has 0 bridgehead atoms. The zero-order valence-corrected chi connectivity index (χ0v) is 31.3. The third-order valence-electron chi connectivity index (χ3n) is 5.59. The SMILES string of the molecule is CC#Cc1cc(OCCOC)c(C#Cc2cc(OCCCS(=O)(=O)[O-])c(C)cc2OCCCC)cc1OCCOC.[Na+].[Na+]. The summed E-state index contributed by atoms with van der Waals surface area (Å²) in [6.07, 6.45) is 1.94. The molecule has 0 aliphatic carbocycles. The Hall–Kier alpha value is -1.41. The predicted octanol–water partition coefficient (Wildman–Crippen LogP) is -1.68. The molecule has 0 fully saturated rings. The standard InChI is InChI=1S/C31H40O9S.2Na/c1-6-8-13-38-29-20-24(3)28(37-14-9-19-41(32,33)34)21-26(29)11-12-27-23-30(39-17-15-35-4)25(10-7-2)22-31(27)40-18-16-36-5;;/h20-23H,6,8-9,13-19H2,1-5H3,(H,32,33,34);;/q;2*+1/p-1. The number of benzene rings is 2. The first-order valence-electron chi connectivity index (χ1n) is 13.4. The molecule has 0 aliphatic rings. The van der Waals surface area contributed by atoms with Crippen LogP contribution in [0.5, 0.6) is 23.0 Å². The van der Waals surface area contributed by atoms with Gasteiger partial charge in [-0.25, -0.2) is 8.42 Å². The summed E-state index contributed by atoms with van der Waals surface area (Å²) in [7, 11) is -1.10. The van der Waals surface area contributed by atoms with E-state index in [0.717, 1.165) is 18.4 Å². The van der Waals surface area contributed by atoms with Gasteiger partial charge in [0.2, 0.25) is 0 Å². The molecule has 43 heavy (non-hydrogen) atoms. The average molecular weight is 634 g/mol. The van der Waals surface area contributed by atoms with Gasteiger partial charge in [0.25, 0.3) is 0 Å². The number of hydrogen-bond acceptors (Lipinski definition) is 9. The van der Waals surface area contributed by atoms with Crippen molar-refractivity contribution in [1.82, 2.24) is 0 Å². The molecular weight excluding hydrogens is 594 g/mol. The largest absolute Gasteiger partial charge is 1.00 e. The van der Waals surface area contributed by atoms with Gasteiger partial charge in [0.15, 0.2) is 0 Å². The Morgan fingerprint density at radius 2 is 1.12 bits per heavy atom. The van der Waals surface area contributed by atoms with E-state index in [-0.39, 0.29) is 72.1 Å². The maximum Gasteiger partial charge on any atom is 1.00 e. The van der Waals surface area contributed by atoms with Crippen LogP contribution in [0.2, 0.25) is 0 Å². The first kappa shape index (κ1) is 41.6. The van der Waals surface area contributed by atoms with Crippen LogP contribution in [0.3, 0.4) is 0 Å². The summed E-state index contributed by atoms with van der Waals surface area (Å²) < 4.78 is 66.8. The van der Waals surface area contributed by atoms with Gasteiger partial charge in [0, 0.05) is 32.1 Å². The van der Waals surface area contributed by atoms with Crippen molar-refractivity contribution in [2.24, 2.45) is 0 Å². The van der Waals surface area contributed by atoms with Crippen LogP contribution in [0.25, 0.3) is 0 Å². The molecule has 0 aliphatic heterocycles. The minimum atomic E-state index is -4.30. The van der Waals surface area contributed by atoms with E-state index in [1.165, 1.54) is 0 Å². The molecule has 2 rings (SSSR count). The van der Waals surface area contributed by atoms with Crippen molar-refractivity contribution >= 4 is 10.1 Å². The normalized spacial score (nSPS) is 10.2. The van der Waals surface area contributed by atoms with E-state index in [4.69, 9.17) is 28.4 Å². The second-order valence-electron chi connectivity index (χ2n) is 8.93. The fraction of sp³-hybridized carbons (Fsp3) is 0.484. The Morgan fingerprint density at radius 1 is 0.674 bits per heavy atom. The molecule has 0 saturated heterocycles.